The monoisotopic (exact) mass is 204 g/mol. The number of Topliss-reactive ketones (excluding diaryl/α,β-unsaturated/α-hetero) is 1. The van der Waals surface area contributed by atoms with Crippen LogP contribution in [0.3, 0.4) is 0 Å². The fraction of sp³-hybridized carbons (Fsp3) is 0.308. The summed E-state index contributed by atoms with van der Waals surface area (Å²) in [5.41, 5.74) is 1.91. The summed E-state index contributed by atoms with van der Waals surface area (Å²) in [7, 11) is 0. The lowest BCUT2D eigenvalue weighted by atomic mass is 10.1. The molecule has 0 spiro atoms. The minimum absolute atomic E-state index is 0.0580. The Morgan fingerprint density at radius 3 is 2.67 bits per heavy atom. The van der Waals surface area contributed by atoms with E-state index in [1.165, 1.54) is 5.57 Å². The Balaban J connectivity index is 2.66. The third kappa shape index (κ3) is 3.98. The average Bonchev–Trinajstić information content (AvgIpc) is 2.17. The lowest BCUT2D eigenvalue weighted by Crippen LogP contribution is -1.97. The van der Waals surface area contributed by atoms with E-state index in [0.29, 0.717) is 12.2 Å². The third-order valence-corrected chi connectivity index (χ3v) is 1.98. The molecule has 0 aliphatic carbocycles. The highest BCUT2D eigenvalue weighted by molar-refractivity contribution is 5.94. The zero-order valence-corrected chi connectivity index (χ0v) is 9.41. The Hall–Kier alpha value is -1.57. The van der Waals surface area contributed by atoms with E-state index in [-0.39, 0.29) is 5.78 Å². The van der Waals surface area contributed by atoms with Crippen LogP contribution in [0, 0.1) is 0 Å². The van der Waals surface area contributed by atoms with E-state index in [4.69, 9.17) is 4.74 Å². The summed E-state index contributed by atoms with van der Waals surface area (Å²) in [5, 5.41) is 0. The van der Waals surface area contributed by atoms with E-state index in [0.717, 1.165) is 5.75 Å². The molecule has 2 heteroatoms. The molecule has 1 aromatic rings. The van der Waals surface area contributed by atoms with Crippen LogP contribution in [0.25, 0.3) is 0 Å². The second kappa shape index (κ2) is 5.35. The Kier molecular flexibility index (Phi) is 4.10. The molecular formula is C13H16O2. The van der Waals surface area contributed by atoms with E-state index in [1.807, 2.05) is 32.1 Å². The first-order chi connectivity index (χ1) is 7.09. The number of ketones is 1. The number of hydrogen-bond donors (Lipinski definition) is 0. The van der Waals surface area contributed by atoms with E-state index in [1.54, 1.807) is 19.1 Å². The summed E-state index contributed by atoms with van der Waals surface area (Å²) in [6, 6.07) is 7.23. The van der Waals surface area contributed by atoms with Gasteiger partial charge in [0.15, 0.2) is 5.78 Å². The first-order valence-corrected chi connectivity index (χ1v) is 4.97. The predicted octanol–water partition coefficient (Wildman–Crippen LogP) is 3.23. The van der Waals surface area contributed by atoms with Gasteiger partial charge in [-0.05, 0) is 39.0 Å². The van der Waals surface area contributed by atoms with Crippen LogP contribution in [0.5, 0.6) is 5.75 Å². The van der Waals surface area contributed by atoms with E-state index in [2.05, 4.69) is 0 Å². The molecule has 1 rings (SSSR count). The second-order valence-electron chi connectivity index (χ2n) is 3.68. The van der Waals surface area contributed by atoms with Crippen LogP contribution in [0.2, 0.25) is 0 Å². The SMILES string of the molecule is CC(=O)c1cccc(OCC=C(C)C)c1. The Labute approximate surface area is 90.6 Å². The average molecular weight is 204 g/mol. The van der Waals surface area contributed by atoms with Gasteiger partial charge in [0.1, 0.15) is 12.4 Å². The highest BCUT2D eigenvalue weighted by Gasteiger charge is 2.00. The van der Waals surface area contributed by atoms with Crippen molar-refractivity contribution in [3.8, 4) is 5.75 Å². The molecular weight excluding hydrogens is 188 g/mol. The van der Waals surface area contributed by atoms with Crippen LogP contribution in [0.1, 0.15) is 31.1 Å². The van der Waals surface area contributed by atoms with Crippen LogP contribution < -0.4 is 4.74 Å². The molecule has 0 aliphatic rings. The molecule has 0 heterocycles. The quantitative estimate of drug-likeness (QED) is 0.556. The maximum atomic E-state index is 11.1. The molecule has 0 fully saturated rings. The van der Waals surface area contributed by atoms with Gasteiger partial charge in [0.05, 0.1) is 0 Å². The summed E-state index contributed by atoms with van der Waals surface area (Å²) in [6.45, 7) is 6.14. The molecule has 0 aromatic heterocycles. The lowest BCUT2D eigenvalue weighted by Gasteiger charge is -2.04. The number of hydrogen-bond acceptors (Lipinski definition) is 2. The molecule has 0 saturated carbocycles. The number of rotatable bonds is 4. The first kappa shape index (κ1) is 11.5. The number of allylic oxidation sites excluding steroid dienone is 1. The fourth-order valence-electron chi connectivity index (χ4n) is 1.11. The van der Waals surface area contributed by atoms with Gasteiger partial charge in [-0.1, -0.05) is 17.7 Å². The summed E-state index contributed by atoms with van der Waals surface area (Å²) < 4.78 is 5.48. The zero-order chi connectivity index (χ0) is 11.3. The molecule has 0 radical (unpaired) electrons. The minimum atomic E-state index is 0.0580. The van der Waals surface area contributed by atoms with Crippen molar-refractivity contribution in [1.29, 1.82) is 0 Å². The Morgan fingerprint density at radius 1 is 1.33 bits per heavy atom. The van der Waals surface area contributed by atoms with Crippen molar-refractivity contribution in [2.24, 2.45) is 0 Å². The third-order valence-electron chi connectivity index (χ3n) is 1.98. The van der Waals surface area contributed by atoms with E-state index < -0.39 is 0 Å². The van der Waals surface area contributed by atoms with Crippen molar-refractivity contribution < 1.29 is 9.53 Å². The molecule has 0 amide bonds. The normalized spacial score (nSPS) is 9.53. The highest BCUT2D eigenvalue weighted by Crippen LogP contribution is 2.13. The van der Waals surface area contributed by atoms with Gasteiger partial charge in [-0.2, -0.15) is 0 Å². The van der Waals surface area contributed by atoms with Gasteiger partial charge in [0, 0.05) is 5.56 Å². The van der Waals surface area contributed by atoms with Gasteiger partial charge < -0.3 is 4.74 Å². The lowest BCUT2D eigenvalue weighted by molar-refractivity contribution is 0.101. The summed E-state index contributed by atoms with van der Waals surface area (Å²) in [6.07, 6.45) is 2.00. The summed E-state index contributed by atoms with van der Waals surface area (Å²) >= 11 is 0. The molecule has 0 atom stereocenters. The van der Waals surface area contributed by atoms with Crippen LogP contribution >= 0.6 is 0 Å². The molecule has 0 unspecified atom stereocenters. The second-order valence-corrected chi connectivity index (χ2v) is 3.68. The van der Waals surface area contributed by atoms with Gasteiger partial charge >= 0.3 is 0 Å². The highest BCUT2D eigenvalue weighted by atomic mass is 16.5. The smallest absolute Gasteiger partial charge is 0.159 e. The fourth-order valence-corrected chi connectivity index (χ4v) is 1.11. The molecule has 0 N–H and O–H groups in total. The largest absolute Gasteiger partial charge is 0.490 e. The summed E-state index contributed by atoms with van der Waals surface area (Å²) in [4.78, 5) is 11.1. The molecule has 0 aliphatic heterocycles. The topological polar surface area (TPSA) is 26.3 Å². The van der Waals surface area contributed by atoms with Crippen molar-refractivity contribution in [1.82, 2.24) is 0 Å². The van der Waals surface area contributed by atoms with E-state index in [9.17, 15) is 4.79 Å². The predicted molar refractivity (Wildman–Crippen MR) is 61.4 cm³/mol. The van der Waals surface area contributed by atoms with Crippen LogP contribution in [0.15, 0.2) is 35.9 Å². The van der Waals surface area contributed by atoms with Crippen molar-refractivity contribution in [2.75, 3.05) is 6.61 Å². The van der Waals surface area contributed by atoms with Crippen LogP contribution in [0.4, 0.5) is 0 Å². The van der Waals surface area contributed by atoms with Gasteiger partial charge in [0.2, 0.25) is 0 Å². The Bertz CT molecular complexity index is 374. The van der Waals surface area contributed by atoms with Crippen LogP contribution in [-0.2, 0) is 0 Å². The van der Waals surface area contributed by atoms with Crippen molar-refractivity contribution in [3.63, 3.8) is 0 Å². The number of benzene rings is 1. The molecule has 80 valence electrons. The number of carbonyl (C=O) groups is 1. The first-order valence-electron chi connectivity index (χ1n) is 4.97. The van der Waals surface area contributed by atoms with E-state index >= 15 is 0 Å². The van der Waals surface area contributed by atoms with Gasteiger partial charge in [0.25, 0.3) is 0 Å². The molecule has 1 aromatic carbocycles. The minimum Gasteiger partial charge on any atom is -0.490 e. The standard InChI is InChI=1S/C13H16O2/c1-10(2)7-8-15-13-6-4-5-12(9-13)11(3)14/h4-7,9H,8H2,1-3H3. The van der Waals surface area contributed by atoms with Gasteiger partial charge in [-0.15, -0.1) is 0 Å². The number of ether oxygens (including phenoxy) is 1. The molecule has 2 nitrogen and oxygen atoms in total. The molecule has 0 bridgehead atoms. The maximum Gasteiger partial charge on any atom is 0.159 e. The number of carbonyl (C=O) groups excluding carboxylic acids is 1. The van der Waals surface area contributed by atoms with Crippen molar-refractivity contribution in [3.05, 3.63) is 41.5 Å². The Morgan fingerprint density at radius 2 is 2.07 bits per heavy atom. The molecule has 15 heavy (non-hydrogen) atoms. The molecule has 0 saturated heterocycles. The van der Waals surface area contributed by atoms with Crippen molar-refractivity contribution >= 4 is 5.78 Å². The van der Waals surface area contributed by atoms with Crippen LogP contribution in [-0.4, -0.2) is 12.4 Å². The van der Waals surface area contributed by atoms with Crippen molar-refractivity contribution in [2.45, 2.75) is 20.8 Å². The zero-order valence-electron chi connectivity index (χ0n) is 9.41. The summed E-state index contributed by atoms with van der Waals surface area (Å²) in [5.74, 6) is 0.794. The van der Waals surface area contributed by atoms with Gasteiger partial charge in [-0.25, -0.2) is 0 Å². The maximum absolute atomic E-state index is 11.1. The van der Waals surface area contributed by atoms with Gasteiger partial charge in [-0.3, -0.25) is 4.79 Å².